The Morgan fingerprint density at radius 1 is 1.43 bits per heavy atom. The maximum absolute atomic E-state index is 4.16. The first-order valence-electron chi connectivity index (χ1n) is 5.19. The van der Waals surface area contributed by atoms with Crippen molar-refractivity contribution in [3.8, 4) is 0 Å². The standard InChI is InChI=1S/C12H20N2/c1-5-14-11(12(2,3)4)10-7-6-8-13-9-10/h6-9,11,14H,5H2,1-4H3. The van der Waals surface area contributed by atoms with Crippen LogP contribution >= 0.6 is 0 Å². The van der Waals surface area contributed by atoms with Gasteiger partial charge in [0.25, 0.3) is 0 Å². The molecule has 0 fully saturated rings. The van der Waals surface area contributed by atoms with Gasteiger partial charge in [0.2, 0.25) is 0 Å². The number of nitrogens with one attached hydrogen (secondary N) is 1. The fraction of sp³-hybridized carbons (Fsp3) is 0.583. The Hall–Kier alpha value is -0.890. The van der Waals surface area contributed by atoms with E-state index in [1.807, 2.05) is 18.5 Å². The van der Waals surface area contributed by atoms with E-state index in [9.17, 15) is 0 Å². The Morgan fingerprint density at radius 2 is 2.14 bits per heavy atom. The van der Waals surface area contributed by atoms with Crippen LogP contribution < -0.4 is 5.32 Å². The molecule has 0 aliphatic carbocycles. The molecule has 0 aliphatic heterocycles. The number of nitrogens with zero attached hydrogens (tertiary/aromatic N) is 1. The third kappa shape index (κ3) is 2.81. The number of hydrogen-bond donors (Lipinski definition) is 1. The summed E-state index contributed by atoms with van der Waals surface area (Å²) < 4.78 is 0. The van der Waals surface area contributed by atoms with Crippen molar-refractivity contribution in [2.24, 2.45) is 5.41 Å². The summed E-state index contributed by atoms with van der Waals surface area (Å²) in [4.78, 5) is 4.16. The highest BCUT2D eigenvalue weighted by atomic mass is 14.9. The number of rotatable bonds is 3. The average molecular weight is 192 g/mol. The van der Waals surface area contributed by atoms with E-state index in [0.29, 0.717) is 6.04 Å². The minimum Gasteiger partial charge on any atom is -0.310 e. The Balaban J connectivity index is 2.89. The minimum absolute atomic E-state index is 0.221. The van der Waals surface area contributed by atoms with Gasteiger partial charge in [-0.25, -0.2) is 0 Å². The molecule has 1 aromatic rings. The van der Waals surface area contributed by atoms with Gasteiger partial charge in [0.1, 0.15) is 0 Å². The van der Waals surface area contributed by atoms with Gasteiger partial charge in [0.15, 0.2) is 0 Å². The van der Waals surface area contributed by atoms with Crippen LogP contribution in [0.15, 0.2) is 24.5 Å². The van der Waals surface area contributed by atoms with Crippen LogP contribution in [0.3, 0.4) is 0 Å². The van der Waals surface area contributed by atoms with Crippen molar-refractivity contribution in [1.29, 1.82) is 0 Å². The second-order valence-electron chi connectivity index (χ2n) is 4.64. The monoisotopic (exact) mass is 192 g/mol. The van der Waals surface area contributed by atoms with Gasteiger partial charge in [-0.15, -0.1) is 0 Å². The maximum atomic E-state index is 4.16. The summed E-state index contributed by atoms with van der Waals surface area (Å²) in [6.45, 7) is 9.85. The van der Waals surface area contributed by atoms with E-state index in [1.165, 1.54) is 5.56 Å². The summed E-state index contributed by atoms with van der Waals surface area (Å²) in [5, 5.41) is 3.50. The summed E-state index contributed by atoms with van der Waals surface area (Å²) in [7, 11) is 0. The fourth-order valence-electron chi connectivity index (χ4n) is 1.67. The molecular weight excluding hydrogens is 172 g/mol. The molecular formula is C12H20N2. The van der Waals surface area contributed by atoms with Crippen molar-refractivity contribution in [3.05, 3.63) is 30.1 Å². The van der Waals surface area contributed by atoms with Crippen molar-refractivity contribution in [3.63, 3.8) is 0 Å². The zero-order valence-corrected chi connectivity index (χ0v) is 9.54. The predicted molar refractivity (Wildman–Crippen MR) is 60.1 cm³/mol. The second-order valence-corrected chi connectivity index (χ2v) is 4.64. The molecule has 0 spiro atoms. The molecule has 2 heteroatoms. The highest BCUT2D eigenvalue weighted by molar-refractivity contribution is 5.16. The summed E-state index contributed by atoms with van der Waals surface area (Å²) in [5.74, 6) is 0. The average Bonchev–Trinajstić information content (AvgIpc) is 2.14. The normalized spacial score (nSPS) is 14.0. The van der Waals surface area contributed by atoms with Crippen molar-refractivity contribution >= 4 is 0 Å². The number of hydrogen-bond acceptors (Lipinski definition) is 2. The molecule has 78 valence electrons. The van der Waals surface area contributed by atoms with E-state index in [4.69, 9.17) is 0 Å². The molecule has 1 heterocycles. The Labute approximate surface area is 86.8 Å². The Kier molecular flexibility index (Phi) is 3.64. The van der Waals surface area contributed by atoms with Crippen molar-refractivity contribution < 1.29 is 0 Å². The first-order valence-corrected chi connectivity index (χ1v) is 5.19. The molecule has 0 aromatic carbocycles. The van der Waals surface area contributed by atoms with E-state index < -0.39 is 0 Å². The van der Waals surface area contributed by atoms with Crippen LogP contribution in [-0.2, 0) is 0 Å². The van der Waals surface area contributed by atoms with Crippen LogP contribution in [0.4, 0.5) is 0 Å². The van der Waals surface area contributed by atoms with Gasteiger partial charge in [0, 0.05) is 18.4 Å². The topological polar surface area (TPSA) is 24.9 Å². The lowest BCUT2D eigenvalue weighted by atomic mass is 9.83. The lowest BCUT2D eigenvalue weighted by Gasteiger charge is -2.31. The molecule has 0 bridgehead atoms. The highest BCUT2D eigenvalue weighted by Gasteiger charge is 2.25. The highest BCUT2D eigenvalue weighted by Crippen LogP contribution is 2.31. The molecule has 1 rings (SSSR count). The molecule has 0 aliphatic rings. The van der Waals surface area contributed by atoms with Gasteiger partial charge in [-0.05, 0) is 23.6 Å². The molecule has 2 nitrogen and oxygen atoms in total. The smallest absolute Gasteiger partial charge is 0.0384 e. The molecule has 1 unspecified atom stereocenters. The van der Waals surface area contributed by atoms with Gasteiger partial charge in [-0.2, -0.15) is 0 Å². The third-order valence-corrected chi connectivity index (χ3v) is 2.29. The molecule has 0 amide bonds. The summed E-state index contributed by atoms with van der Waals surface area (Å²) in [6, 6.07) is 4.50. The molecule has 0 radical (unpaired) electrons. The van der Waals surface area contributed by atoms with Crippen LogP contribution in [0.1, 0.15) is 39.3 Å². The zero-order chi connectivity index (χ0) is 10.6. The predicted octanol–water partition coefficient (Wildman–Crippen LogP) is 2.78. The van der Waals surface area contributed by atoms with E-state index in [0.717, 1.165) is 6.54 Å². The number of aromatic nitrogens is 1. The van der Waals surface area contributed by atoms with E-state index in [1.54, 1.807) is 0 Å². The summed E-state index contributed by atoms with van der Waals surface area (Å²) in [6.07, 6.45) is 3.76. The number of pyridine rings is 1. The molecule has 1 N–H and O–H groups in total. The summed E-state index contributed by atoms with van der Waals surface area (Å²) >= 11 is 0. The van der Waals surface area contributed by atoms with Crippen molar-refractivity contribution in [2.45, 2.75) is 33.7 Å². The van der Waals surface area contributed by atoms with Gasteiger partial charge >= 0.3 is 0 Å². The fourth-order valence-corrected chi connectivity index (χ4v) is 1.67. The van der Waals surface area contributed by atoms with E-state index in [2.05, 4.69) is 44.1 Å². The van der Waals surface area contributed by atoms with Gasteiger partial charge in [-0.1, -0.05) is 33.8 Å². The van der Waals surface area contributed by atoms with Crippen molar-refractivity contribution in [1.82, 2.24) is 10.3 Å². The van der Waals surface area contributed by atoms with Crippen LogP contribution in [-0.4, -0.2) is 11.5 Å². The summed E-state index contributed by atoms with van der Waals surface area (Å²) in [5.41, 5.74) is 1.49. The van der Waals surface area contributed by atoms with Crippen molar-refractivity contribution in [2.75, 3.05) is 6.54 Å². The Morgan fingerprint density at radius 3 is 2.57 bits per heavy atom. The minimum atomic E-state index is 0.221. The molecule has 14 heavy (non-hydrogen) atoms. The Bertz CT molecular complexity index is 261. The largest absolute Gasteiger partial charge is 0.310 e. The zero-order valence-electron chi connectivity index (χ0n) is 9.54. The van der Waals surface area contributed by atoms with Crippen LogP contribution in [0.2, 0.25) is 0 Å². The van der Waals surface area contributed by atoms with E-state index >= 15 is 0 Å². The SMILES string of the molecule is CCNC(c1cccnc1)C(C)(C)C. The maximum Gasteiger partial charge on any atom is 0.0384 e. The third-order valence-electron chi connectivity index (χ3n) is 2.29. The molecule has 0 saturated heterocycles. The second kappa shape index (κ2) is 4.56. The first-order chi connectivity index (χ1) is 6.55. The molecule has 0 saturated carbocycles. The van der Waals surface area contributed by atoms with Crippen LogP contribution in [0, 0.1) is 5.41 Å². The quantitative estimate of drug-likeness (QED) is 0.796. The van der Waals surface area contributed by atoms with Gasteiger partial charge in [-0.3, -0.25) is 4.98 Å². The lowest BCUT2D eigenvalue weighted by Crippen LogP contribution is -2.32. The molecule has 1 aromatic heterocycles. The molecule has 1 atom stereocenters. The van der Waals surface area contributed by atoms with Gasteiger partial charge < -0.3 is 5.32 Å². The van der Waals surface area contributed by atoms with E-state index in [-0.39, 0.29) is 5.41 Å². The van der Waals surface area contributed by atoms with Crippen LogP contribution in [0.25, 0.3) is 0 Å². The lowest BCUT2D eigenvalue weighted by molar-refractivity contribution is 0.276. The van der Waals surface area contributed by atoms with Gasteiger partial charge in [0.05, 0.1) is 0 Å². The first kappa shape index (κ1) is 11.2. The van der Waals surface area contributed by atoms with Crippen LogP contribution in [0.5, 0.6) is 0 Å².